The maximum atomic E-state index is 13.5. The van der Waals surface area contributed by atoms with Gasteiger partial charge in [0.25, 0.3) is 11.5 Å². The molecule has 3 aromatic heterocycles. The van der Waals surface area contributed by atoms with Gasteiger partial charge in [0, 0.05) is 32.4 Å². The molecule has 3 aromatic rings. The minimum atomic E-state index is -0.579. The minimum Gasteiger partial charge on any atom is -0.467 e. The van der Waals surface area contributed by atoms with Crippen molar-refractivity contribution >= 4 is 23.4 Å². The van der Waals surface area contributed by atoms with Crippen LogP contribution in [0.25, 0.3) is 11.7 Å². The molecule has 1 N–H and O–H groups in total. The summed E-state index contributed by atoms with van der Waals surface area (Å²) in [5.74, 6) is 0.485. The SMILES string of the molecule is CCN1CCN(c2nc3c(C)cccn3c(=O)c2/C=C(\C#N)C(=O)NCc2ccco2)CC1. The number of nitrogens with one attached hydrogen (secondary N) is 1. The van der Waals surface area contributed by atoms with Crippen molar-refractivity contribution in [3.63, 3.8) is 0 Å². The van der Waals surface area contributed by atoms with Gasteiger partial charge in [-0.2, -0.15) is 5.26 Å². The zero-order valence-electron chi connectivity index (χ0n) is 18.7. The molecule has 0 aliphatic carbocycles. The van der Waals surface area contributed by atoms with Crippen molar-refractivity contribution in [1.82, 2.24) is 19.6 Å². The Hall–Kier alpha value is -3.90. The highest BCUT2D eigenvalue weighted by atomic mass is 16.3. The van der Waals surface area contributed by atoms with Crippen LogP contribution in [0.1, 0.15) is 23.8 Å². The Kier molecular flexibility index (Phi) is 6.56. The van der Waals surface area contributed by atoms with Gasteiger partial charge in [-0.05, 0) is 43.3 Å². The molecule has 0 spiro atoms. The number of aryl methyl sites for hydroxylation is 1. The molecule has 1 aliphatic rings. The van der Waals surface area contributed by atoms with Crippen LogP contribution in [0.3, 0.4) is 0 Å². The zero-order chi connectivity index (χ0) is 23.4. The molecule has 1 aliphatic heterocycles. The lowest BCUT2D eigenvalue weighted by Crippen LogP contribution is -2.47. The van der Waals surface area contributed by atoms with Gasteiger partial charge < -0.3 is 19.5 Å². The van der Waals surface area contributed by atoms with E-state index in [2.05, 4.69) is 22.0 Å². The number of fused-ring (bicyclic) bond motifs is 1. The van der Waals surface area contributed by atoms with Crippen LogP contribution in [0, 0.1) is 18.3 Å². The summed E-state index contributed by atoms with van der Waals surface area (Å²) < 4.78 is 6.68. The van der Waals surface area contributed by atoms with E-state index in [1.54, 1.807) is 24.4 Å². The third kappa shape index (κ3) is 4.66. The Labute approximate surface area is 191 Å². The molecule has 1 fully saturated rings. The van der Waals surface area contributed by atoms with Gasteiger partial charge in [-0.1, -0.05) is 13.0 Å². The maximum Gasteiger partial charge on any atom is 0.267 e. The number of rotatable bonds is 6. The fourth-order valence-corrected chi connectivity index (χ4v) is 3.91. The van der Waals surface area contributed by atoms with Gasteiger partial charge in [-0.25, -0.2) is 4.98 Å². The Morgan fingerprint density at radius 2 is 2.06 bits per heavy atom. The lowest BCUT2D eigenvalue weighted by Gasteiger charge is -2.35. The highest BCUT2D eigenvalue weighted by Gasteiger charge is 2.23. The summed E-state index contributed by atoms with van der Waals surface area (Å²) in [6.07, 6.45) is 4.51. The molecule has 33 heavy (non-hydrogen) atoms. The number of hydrogen-bond acceptors (Lipinski definition) is 7. The van der Waals surface area contributed by atoms with E-state index < -0.39 is 5.91 Å². The zero-order valence-corrected chi connectivity index (χ0v) is 18.7. The van der Waals surface area contributed by atoms with E-state index in [9.17, 15) is 14.9 Å². The lowest BCUT2D eigenvalue weighted by atomic mass is 10.1. The largest absolute Gasteiger partial charge is 0.467 e. The van der Waals surface area contributed by atoms with E-state index in [1.807, 2.05) is 19.1 Å². The fourth-order valence-electron chi connectivity index (χ4n) is 3.91. The summed E-state index contributed by atoms with van der Waals surface area (Å²) in [5.41, 5.74) is 1.18. The number of furan rings is 1. The predicted molar refractivity (Wildman–Crippen MR) is 125 cm³/mol. The highest BCUT2D eigenvalue weighted by Crippen LogP contribution is 2.22. The first-order valence-electron chi connectivity index (χ1n) is 10.9. The van der Waals surface area contributed by atoms with Gasteiger partial charge in [0.05, 0.1) is 18.4 Å². The van der Waals surface area contributed by atoms with Crippen molar-refractivity contribution in [3.8, 4) is 6.07 Å². The molecular formula is C24H26N6O3. The van der Waals surface area contributed by atoms with E-state index >= 15 is 0 Å². The van der Waals surface area contributed by atoms with E-state index in [0.29, 0.717) is 30.3 Å². The molecule has 0 radical (unpaired) electrons. The molecule has 0 unspecified atom stereocenters. The van der Waals surface area contributed by atoms with Gasteiger partial charge in [-0.15, -0.1) is 0 Å². The van der Waals surface area contributed by atoms with E-state index in [0.717, 1.165) is 25.2 Å². The van der Waals surface area contributed by atoms with E-state index in [1.165, 1.54) is 16.7 Å². The molecule has 1 amide bonds. The molecular weight excluding hydrogens is 420 g/mol. The molecule has 1 saturated heterocycles. The summed E-state index contributed by atoms with van der Waals surface area (Å²) in [6, 6.07) is 9.06. The Morgan fingerprint density at radius 3 is 2.73 bits per heavy atom. The average molecular weight is 447 g/mol. The van der Waals surface area contributed by atoms with Crippen molar-refractivity contribution in [2.75, 3.05) is 37.6 Å². The quantitative estimate of drug-likeness (QED) is 0.456. The molecule has 4 heterocycles. The predicted octanol–water partition coefficient (Wildman–Crippen LogP) is 1.96. The van der Waals surface area contributed by atoms with Gasteiger partial charge in [0.2, 0.25) is 0 Å². The first kappa shape index (κ1) is 22.3. The summed E-state index contributed by atoms with van der Waals surface area (Å²) in [6.45, 7) is 8.23. The molecule has 170 valence electrons. The maximum absolute atomic E-state index is 13.5. The van der Waals surface area contributed by atoms with Crippen molar-refractivity contribution in [2.24, 2.45) is 0 Å². The van der Waals surface area contributed by atoms with Crippen LogP contribution in [0.2, 0.25) is 0 Å². The third-order valence-corrected chi connectivity index (χ3v) is 5.84. The number of pyridine rings is 1. The topological polar surface area (TPSA) is 107 Å². The first-order chi connectivity index (χ1) is 16.0. The van der Waals surface area contributed by atoms with Crippen LogP contribution in [0.15, 0.2) is 51.5 Å². The summed E-state index contributed by atoms with van der Waals surface area (Å²) >= 11 is 0. The number of anilines is 1. The fraction of sp³-hybridized carbons (Fsp3) is 0.333. The normalized spacial score (nSPS) is 14.9. The first-order valence-corrected chi connectivity index (χ1v) is 10.9. The lowest BCUT2D eigenvalue weighted by molar-refractivity contribution is -0.117. The molecule has 9 heteroatoms. The summed E-state index contributed by atoms with van der Waals surface area (Å²) in [5, 5.41) is 12.3. The van der Waals surface area contributed by atoms with Crippen LogP contribution in [0.4, 0.5) is 5.82 Å². The van der Waals surface area contributed by atoms with Crippen molar-refractivity contribution < 1.29 is 9.21 Å². The number of hydrogen-bond donors (Lipinski definition) is 1. The number of likely N-dealkylation sites (N-methyl/N-ethyl adjacent to an activating group) is 1. The molecule has 0 atom stereocenters. The molecule has 0 aromatic carbocycles. The van der Waals surface area contributed by atoms with Crippen LogP contribution in [0.5, 0.6) is 0 Å². The number of nitrogens with zero attached hydrogens (tertiary/aromatic N) is 5. The van der Waals surface area contributed by atoms with Gasteiger partial charge in [0.1, 0.15) is 28.9 Å². The smallest absolute Gasteiger partial charge is 0.267 e. The molecule has 4 rings (SSSR count). The van der Waals surface area contributed by atoms with Gasteiger partial charge in [-0.3, -0.25) is 14.0 Å². The van der Waals surface area contributed by atoms with Crippen LogP contribution >= 0.6 is 0 Å². The monoisotopic (exact) mass is 446 g/mol. The van der Waals surface area contributed by atoms with E-state index in [-0.39, 0.29) is 23.2 Å². The average Bonchev–Trinajstić information content (AvgIpc) is 3.36. The van der Waals surface area contributed by atoms with Crippen LogP contribution in [-0.2, 0) is 11.3 Å². The van der Waals surface area contributed by atoms with Crippen molar-refractivity contribution in [3.05, 3.63) is 69.5 Å². The highest BCUT2D eigenvalue weighted by molar-refractivity contribution is 6.02. The Balaban J connectivity index is 1.75. The minimum absolute atomic E-state index is 0.144. The Morgan fingerprint density at radius 1 is 1.27 bits per heavy atom. The summed E-state index contributed by atoms with van der Waals surface area (Å²) in [4.78, 5) is 35.3. The Bertz CT molecular complexity index is 1280. The molecule has 9 nitrogen and oxygen atoms in total. The van der Waals surface area contributed by atoms with Crippen LogP contribution in [-0.4, -0.2) is 52.9 Å². The van der Waals surface area contributed by atoms with E-state index in [4.69, 9.17) is 9.40 Å². The standard InChI is InChI=1S/C24H26N6O3/c1-3-28-9-11-29(12-10-28)22-20(24(32)30-8-4-6-17(2)21(30)27-22)14-18(15-25)23(31)26-16-19-7-5-13-33-19/h4-8,13-14H,3,9-12,16H2,1-2H3,(H,26,31)/b18-14+. The van der Waals surface area contributed by atoms with Crippen LogP contribution < -0.4 is 15.8 Å². The second-order valence-corrected chi connectivity index (χ2v) is 7.89. The van der Waals surface area contributed by atoms with Gasteiger partial charge in [0.15, 0.2) is 0 Å². The summed E-state index contributed by atoms with van der Waals surface area (Å²) in [7, 11) is 0. The number of carbonyl (C=O) groups is 1. The third-order valence-electron chi connectivity index (χ3n) is 5.84. The van der Waals surface area contributed by atoms with Gasteiger partial charge >= 0.3 is 0 Å². The molecule has 0 bridgehead atoms. The van der Waals surface area contributed by atoms with Crippen molar-refractivity contribution in [1.29, 1.82) is 5.26 Å². The number of piperazine rings is 1. The van der Waals surface area contributed by atoms with Crippen molar-refractivity contribution in [2.45, 2.75) is 20.4 Å². The second-order valence-electron chi connectivity index (χ2n) is 7.89. The number of nitriles is 1. The number of aromatic nitrogens is 2. The number of carbonyl (C=O) groups excluding carboxylic acids is 1. The molecule has 0 saturated carbocycles. The number of amides is 1. The second kappa shape index (κ2) is 9.71.